The molecule has 0 aliphatic rings. The molecule has 1 aromatic carbocycles. The lowest BCUT2D eigenvalue weighted by Gasteiger charge is -2.08. The number of carbonyl (C=O) groups is 1. The molecule has 0 amide bonds. The maximum Gasteiger partial charge on any atom is 0.202 e. The van der Waals surface area contributed by atoms with Crippen molar-refractivity contribution in [2.45, 2.75) is 34.2 Å². The third-order valence-electron chi connectivity index (χ3n) is 3.69. The summed E-state index contributed by atoms with van der Waals surface area (Å²) in [6.45, 7) is 8.86. The molecule has 1 heterocycles. The Morgan fingerprint density at radius 1 is 1.24 bits per heavy atom. The van der Waals surface area contributed by atoms with Gasteiger partial charge in [-0.1, -0.05) is 11.6 Å². The first kappa shape index (κ1) is 15.6. The van der Waals surface area contributed by atoms with Gasteiger partial charge in [0.1, 0.15) is 5.75 Å². The van der Waals surface area contributed by atoms with E-state index in [0.29, 0.717) is 10.8 Å². The summed E-state index contributed by atoms with van der Waals surface area (Å²) in [5.74, 6) is 0.657. The van der Waals surface area contributed by atoms with Gasteiger partial charge in [-0.3, -0.25) is 4.79 Å². The van der Waals surface area contributed by atoms with Crippen LogP contribution in [0.3, 0.4) is 0 Å². The monoisotopic (exact) mass is 305 g/mol. The van der Waals surface area contributed by atoms with Crippen molar-refractivity contribution in [2.75, 3.05) is 6.61 Å². The standard InChI is InChI=1S/C17H20ClNO2/c1-5-19-12(3)9-15(13(19)4)17(20)10-21-14-6-7-16(18)11(2)8-14/h6-9H,5,10H2,1-4H3. The first-order valence-electron chi connectivity index (χ1n) is 7.03. The van der Waals surface area contributed by atoms with E-state index in [9.17, 15) is 4.79 Å². The highest BCUT2D eigenvalue weighted by atomic mass is 35.5. The normalized spacial score (nSPS) is 10.7. The minimum atomic E-state index is -0.00426. The highest BCUT2D eigenvalue weighted by Crippen LogP contribution is 2.22. The summed E-state index contributed by atoms with van der Waals surface area (Å²) in [5.41, 5.74) is 3.77. The third-order valence-corrected chi connectivity index (χ3v) is 4.11. The minimum absolute atomic E-state index is 0.00426. The maximum atomic E-state index is 12.3. The molecular weight excluding hydrogens is 286 g/mol. The van der Waals surface area contributed by atoms with E-state index in [2.05, 4.69) is 11.5 Å². The molecule has 21 heavy (non-hydrogen) atoms. The molecule has 2 aromatic rings. The number of rotatable bonds is 5. The van der Waals surface area contributed by atoms with Crippen LogP contribution in [-0.4, -0.2) is 17.0 Å². The first-order chi connectivity index (χ1) is 9.93. The topological polar surface area (TPSA) is 31.2 Å². The molecular formula is C17H20ClNO2. The second-order valence-corrected chi connectivity index (χ2v) is 5.56. The number of ketones is 1. The molecule has 2 rings (SSSR count). The van der Waals surface area contributed by atoms with Crippen LogP contribution in [0.5, 0.6) is 5.75 Å². The number of carbonyl (C=O) groups excluding carboxylic acids is 1. The number of nitrogens with zero attached hydrogens (tertiary/aromatic N) is 1. The number of halogens is 1. The molecule has 112 valence electrons. The maximum absolute atomic E-state index is 12.3. The number of aromatic nitrogens is 1. The van der Waals surface area contributed by atoms with Crippen molar-refractivity contribution in [3.63, 3.8) is 0 Å². The van der Waals surface area contributed by atoms with E-state index < -0.39 is 0 Å². The van der Waals surface area contributed by atoms with Crippen molar-refractivity contribution >= 4 is 17.4 Å². The van der Waals surface area contributed by atoms with Crippen molar-refractivity contribution in [2.24, 2.45) is 0 Å². The summed E-state index contributed by atoms with van der Waals surface area (Å²) < 4.78 is 7.70. The van der Waals surface area contributed by atoms with Crippen LogP contribution in [0.2, 0.25) is 5.02 Å². The second-order valence-electron chi connectivity index (χ2n) is 5.15. The zero-order valence-electron chi connectivity index (χ0n) is 12.9. The molecule has 0 fully saturated rings. The smallest absolute Gasteiger partial charge is 0.202 e. The van der Waals surface area contributed by atoms with Gasteiger partial charge in [-0.15, -0.1) is 0 Å². The van der Waals surface area contributed by atoms with Crippen molar-refractivity contribution in [3.8, 4) is 5.75 Å². The highest BCUT2D eigenvalue weighted by molar-refractivity contribution is 6.31. The Kier molecular flexibility index (Phi) is 4.73. The molecule has 0 saturated carbocycles. The first-order valence-corrected chi connectivity index (χ1v) is 7.40. The predicted octanol–water partition coefficient (Wildman–Crippen LogP) is 4.35. The van der Waals surface area contributed by atoms with E-state index in [1.54, 1.807) is 12.1 Å². The summed E-state index contributed by atoms with van der Waals surface area (Å²) in [6.07, 6.45) is 0. The van der Waals surface area contributed by atoms with Crippen LogP contribution in [0.1, 0.15) is 34.2 Å². The van der Waals surface area contributed by atoms with Crippen molar-refractivity contribution in [1.82, 2.24) is 4.57 Å². The Labute approximate surface area is 130 Å². The summed E-state index contributed by atoms with van der Waals surface area (Å²) in [5, 5.41) is 0.695. The van der Waals surface area contributed by atoms with E-state index >= 15 is 0 Å². The van der Waals surface area contributed by atoms with Crippen molar-refractivity contribution in [3.05, 3.63) is 51.8 Å². The SMILES string of the molecule is CCn1c(C)cc(C(=O)COc2ccc(Cl)c(C)c2)c1C. The molecule has 0 aliphatic carbocycles. The van der Waals surface area contributed by atoms with Gasteiger partial charge in [-0.25, -0.2) is 0 Å². The molecule has 0 saturated heterocycles. The van der Waals surface area contributed by atoms with Crippen LogP contribution in [-0.2, 0) is 6.54 Å². The van der Waals surface area contributed by atoms with Gasteiger partial charge in [0.25, 0.3) is 0 Å². The highest BCUT2D eigenvalue weighted by Gasteiger charge is 2.15. The minimum Gasteiger partial charge on any atom is -0.485 e. The lowest BCUT2D eigenvalue weighted by atomic mass is 10.1. The molecule has 0 atom stereocenters. The molecule has 0 spiro atoms. The zero-order valence-corrected chi connectivity index (χ0v) is 13.6. The van der Waals surface area contributed by atoms with Gasteiger partial charge in [0, 0.05) is 28.5 Å². The Morgan fingerprint density at radius 2 is 1.95 bits per heavy atom. The fourth-order valence-corrected chi connectivity index (χ4v) is 2.62. The Bertz CT molecular complexity index is 674. The summed E-state index contributed by atoms with van der Waals surface area (Å²) in [4.78, 5) is 12.3. The van der Waals surface area contributed by atoms with Gasteiger partial charge in [-0.05, 0) is 57.5 Å². The Hall–Kier alpha value is -1.74. The van der Waals surface area contributed by atoms with Gasteiger partial charge in [0.05, 0.1) is 0 Å². The molecule has 3 nitrogen and oxygen atoms in total. The van der Waals surface area contributed by atoms with Crippen LogP contribution in [0.25, 0.3) is 0 Å². The largest absolute Gasteiger partial charge is 0.485 e. The summed E-state index contributed by atoms with van der Waals surface area (Å²) in [7, 11) is 0. The van der Waals surface area contributed by atoms with Crippen LogP contribution >= 0.6 is 11.6 Å². The van der Waals surface area contributed by atoms with Crippen molar-refractivity contribution < 1.29 is 9.53 Å². The van der Waals surface area contributed by atoms with Crippen molar-refractivity contribution in [1.29, 1.82) is 0 Å². The fraction of sp³-hybridized carbons (Fsp3) is 0.353. The van der Waals surface area contributed by atoms with Crippen LogP contribution in [0.15, 0.2) is 24.3 Å². The second kappa shape index (κ2) is 6.35. The Morgan fingerprint density at radius 3 is 2.52 bits per heavy atom. The van der Waals surface area contributed by atoms with E-state index in [1.165, 1.54) is 0 Å². The van der Waals surface area contributed by atoms with Crippen LogP contribution in [0.4, 0.5) is 0 Å². The zero-order chi connectivity index (χ0) is 15.6. The Balaban J connectivity index is 2.10. The lowest BCUT2D eigenvalue weighted by Crippen LogP contribution is -2.13. The van der Waals surface area contributed by atoms with Gasteiger partial charge in [0.15, 0.2) is 6.61 Å². The lowest BCUT2D eigenvalue weighted by molar-refractivity contribution is 0.0920. The number of benzene rings is 1. The number of hydrogen-bond acceptors (Lipinski definition) is 2. The molecule has 4 heteroatoms. The van der Waals surface area contributed by atoms with E-state index in [4.69, 9.17) is 16.3 Å². The molecule has 0 bridgehead atoms. The van der Waals surface area contributed by atoms with Gasteiger partial charge < -0.3 is 9.30 Å². The number of ether oxygens (including phenoxy) is 1. The third kappa shape index (κ3) is 3.30. The van der Waals surface area contributed by atoms with Crippen LogP contribution in [0, 0.1) is 20.8 Å². The van der Waals surface area contributed by atoms with Gasteiger partial charge >= 0.3 is 0 Å². The molecule has 0 aliphatic heterocycles. The molecule has 0 radical (unpaired) electrons. The number of Topliss-reactive ketones (excluding diaryl/α,β-unsaturated/α-hetero) is 1. The van der Waals surface area contributed by atoms with Gasteiger partial charge in [0.2, 0.25) is 5.78 Å². The van der Waals surface area contributed by atoms with Gasteiger partial charge in [-0.2, -0.15) is 0 Å². The fourth-order valence-electron chi connectivity index (χ4n) is 2.50. The quantitative estimate of drug-likeness (QED) is 0.769. The summed E-state index contributed by atoms with van der Waals surface area (Å²) >= 11 is 5.97. The average molecular weight is 306 g/mol. The van der Waals surface area contributed by atoms with Crippen LogP contribution < -0.4 is 4.74 Å². The summed E-state index contributed by atoms with van der Waals surface area (Å²) in [6, 6.07) is 7.32. The van der Waals surface area contributed by atoms with E-state index in [1.807, 2.05) is 32.9 Å². The number of aryl methyl sites for hydroxylation is 2. The molecule has 1 aromatic heterocycles. The number of hydrogen-bond donors (Lipinski definition) is 0. The van der Waals surface area contributed by atoms with E-state index in [0.717, 1.165) is 29.1 Å². The molecule has 0 unspecified atom stereocenters. The van der Waals surface area contributed by atoms with E-state index in [-0.39, 0.29) is 12.4 Å². The predicted molar refractivity (Wildman–Crippen MR) is 85.6 cm³/mol. The average Bonchev–Trinajstić information content (AvgIpc) is 2.74. The molecule has 0 N–H and O–H groups in total.